The van der Waals surface area contributed by atoms with Crippen molar-refractivity contribution < 1.29 is 0 Å². The zero-order valence-electron chi connectivity index (χ0n) is 13.5. The zero-order valence-corrected chi connectivity index (χ0v) is 14.3. The van der Waals surface area contributed by atoms with Crippen LogP contribution in [0.5, 0.6) is 0 Å². The number of para-hydroxylation sites is 1. The molecule has 0 atom stereocenters. The van der Waals surface area contributed by atoms with E-state index in [1.807, 2.05) is 18.2 Å². The van der Waals surface area contributed by atoms with E-state index in [1.165, 1.54) is 5.39 Å². The molecule has 0 unspecified atom stereocenters. The van der Waals surface area contributed by atoms with E-state index < -0.39 is 0 Å². The number of halogens is 1. The summed E-state index contributed by atoms with van der Waals surface area (Å²) in [7, 11) is 1.77. The Hall–Kier alpha value is -2.53. The summed E-state index contributed by atoms with van der Waals surface area (Å²) in [6.07, 6.45) is 2.65. The summed E-state index contributed by atoms with van der Waals surface area (Å²) >= 11 is 5.79. The van der Waals surface area contributed by atoms with Gasteiger partial charge in [0.1, 0.15) is 5.15 Å². The van der Waals surface area contributed by atoms with Crippen molar-refractivity contribution >= 4 is 28.5 Å². The molecule has 1 aromatic carbocycles. The lowest BCUT2D eigenvalue weighted by Crippen LogP contribution is -2.37. The van der Waals surface area contributed by atoms with Crippen LogP contribution in [0.15, 0.2) is 53.7 Å². The number of hydrogen-bond donors (Lipinski definition) is 3. The summed E-state index contributed by atoms with van der Waals surface area (Å²) in [6.45, 7) is 1.46. The highest BCUT2D eigenvalue weighted by Gasteiger charge is 2.02. The molecule has 5 nitrogen and oxygen atoms in total. The quantitative estimate of drug-likeness (QED) is 0.379. The van der Waals surface area contributed by atoms with Crippen LogP contribution in [-0.4, -0.2) is 29.5 Å². The van der Waals surface area contributed by atoms with Gasteiger partial charge < -0.3 is 15.6 Å². The fourth-order valence-corrected chi connectivity index (χ4v) is 2.62. The highest BCUT2D eigenvalue weighted by atomic mass is 35.5. The normalized spacial score (nSPS) is 11.7. The van der Waals surface area contributed by atoms with E-state index in [2.05, 4.69) is 43.8 Å². The molecular weight excluding hydrogens is 322 g/mol. The third-order valence-corrected chi connectivity index (χ3v) is 3.97. The molecular formula is C18H20ClN5. The smallest absolute Gasteiger partial charge is 0.191 e. The second kappa shape index (κ2) is 7.84. The van der Waals surface area contributed by atoms with Gasteiger partial charge in [0.15, 0.2) is 5.96 Å². The van der Waals surface area contributed by atoms with E-state index >= 15 is 0 Å². The summed E-state index contributed by atoms with van der Waals surface area (Å²) < 4.78 is 0. The maximum Gasteiger partial charge on any atom is 0.191 e. The molecule has 24 heavy (non-hydrogen) atoms. The third-order valence-electron chi connectivity index (χ3n) is 3.75. The number of fused-ring (bicyclic) bond motifs is 1. The van der Waals surface area contributed by atoms with Gasteiger partial charge in [-0.15, -0.1) is 0 Å². The van der Waals surface area contributed by atoms with Gasteiger partial charge in [0.25, 0.3) is 0 Å². The molecule has 0 aliphatic heterocycles. The van der Waals surface area contributed by atoms with Gasteiger partial charge in [-0.3, -0.25) is 4.99 Å². The van der Waals surface area contributed by atoms with Crippen molar-refractivity contribution in [3.05, 3.63) is 65.1 Å². The fourth-order valence-electron chi connectivity index (χ4n) is 2.51. The molecule has 2 heterocycles. The Balaban J connectivity index is 1.48. The van der Waals surface area contributed by atoms with Crippen LogP contribution in [0.25, 0.3) is 10.9 Å². The number of guanidine groups is 1. The Labute approximate surface area is 146 Å². The van der Waals surface area contributed by atoms with E-state index in [0.717, 1.165) is 35.7 Å². The Bertz CT molecular complexity index is 790. The first kappa shape index (κ1) is 16.3. The first-order valence-corrected chi connectivity index (χ1v) is 8.24. The van der Waals surface area contributed by atoms with Crippen LogP contribution in [0.2, 0.25) is 5.15 Å². The topological polar surface area (TPSA) is 65.1 Å². The fraction of sp³-hybridized carbons (Fsp3) is 0.222. The van der Waals surface area contributed by atoms with E-state index in [9.17, 15) is 0 Å². The van der Waals surface area contributed by atoms with Gasteiger partial charge in [-0.25, -0.2) is 4.98 Å². The van der Waals surface area contributed by atoms with Gasteiger partial charge in [0.2, 0.25) is 0 Å². The number of nitrogens with zero attached hydrogens (tertiary/aromatic N) is 2. The van der Waals surface area contributed by atoms with E-state index in [-0.39, 0.29) is 0 Å². The van der Waals surface area contributed by atoms with Gasteiger partial charge in [0.05, 0.1) is 6.54 Å². The molecule has 0 fully saturated rings. The van der Waals surface area contributed by atoms with Gasteiger partial charge in [-0.1, -0.05) is 35.9 Å². The van der Waals surface area contributed by atoms with Gasteiger partial charge in [-0.2, -0.15) is 0 Å². The largest absolute Gasteiger partial charge is 0.357 e. The Morgan fingerprint density at radius 3 is 2.83 bits per heavy atom. The third kappa shape index (κ3) is 4.26. The van der Waals surface area contributed by atoms with Crippen LogP contribution in [0, 0.1) is 0 Å². The predicted octanol–water partition coefficient (Wildman–Crippen LogP) is 3.12. The highest BCUT2D eigenvalue weighted by molar-refractivity contribution is 6.29. The van der Waals surface area contributed by atoms with Crippen LogP contribution in [-0.2, 0) is 13.0 Å². The van der Waals surface area contributed by atoms with Crippen molar-refractivity contribution in [2.75, 3.05) is 13.6 Å². The number of benzene rings is 1. The van der Waals surface area contributed by atoms with Gasteiger partial charge >= 0.3 is 0 Å². The van der Waals surface area contributed by atoms with Crippen LogP contribution in [0.4, 0.5) is 0 Å². The molecule has 0 saturated carbocycles. The minimum absolute atomic E-state index is 0.516. The number of H-pyrrole nitrogens is 1. The van der Waals surface area contributed by atoms with Crippen LogP contribution in [0.1, 0.15) is 11.3 Å². The lowest BCUT2D eigenvalue weighted by molar-refractivity contribution is 0.786. The van der Waals surface area contributed by atoms with Crippen molar-refractivity contribution in [3.8, 4) is 0 Å². The van der Waals surface area contributed by atoms with Gasteiger partial charge in [-0.05, 0) is 35.6 Å². The number of nitrogens with one attached hydrogen (secondary N) is 3. The molecule has 0 spiro atoms. The first-order chi connectivity index (χ1) is 11.7. The van der Waals surface area contributed by atoms with Crippen LogP contribution < -0.4 is 10.6 Å². The minimum Gasteiger partial charge on any atom is -0.357 e. The molecule has 3 aromatic rings. The Morgan fingerprint density at radius 2 is 2.08 bits per heavy atom. The van der Waals surface area contributed by atoms with Crippen molar-refractivity contribution in [2.45, 2.75) is 13.0 Å². The number of rotatable bonds is 5. The number of hydrogen-bond acceptors (Lipinski definition) is 2. The second-order valence-corrected chi connectivity index (χ2v) is 5.86. The van der Waals surface area contributed by atoms with Crippen molar-refractivity contribution in [2.24, 2.45) is 4.99 Å². The molecule has 3 N–H and O–H groups in total. The molecule has 3 rings (SSSR count). The zero-order chi connectivity index (χ0) is 16.8. The monoisotopic (exact) mass is 341 g/mol. The lowest BCUT2D eigenvalue weighted by atomic mass is 10.2. The molecule has 0 aliphatic rings. The highest BCUT2D eigenvalue weighted by Crippen LogP contribution is 2.14. The SMILES string of the molecule is CN=C(NCCc1ccc(Cl)nc1)NCc1cc2ccccc2[nH]1. The maximum absolute atomic E-state index is 5.79. The lowest BCUT2D eigenvalue weighted by Gasteiger charge is -2.11. The molecule has 0 radical (unpaired) electrons. The standard InChI is InChI=1S/C18H20ClN5/c1-20-18(21-9-8-13-6-7-17(19)22-11-13)23-12-15-10-14-4-2-3-5-16(14)24-15/h2-7,10-11,24H,8-9,12H2,1H3,(H2,20,21,23). The average molecular weight is 342 g/mol. The molecule has 6 heteroatoms. The molecule has 0 amide bonds. The minimum atomic E-state index is 0.516. The van der Waals surface area contributed by atoms with Crippen LogP contribution in [0.3, 0.4) is 0 Å². The molecule has 0 saturated heterocycles. The summed E-state index contributed by atoms with van der Waals surface area (Å²) in [6, 6.07) is 14.2. The van der Waals surface area contributed by atoms with E-state index in [4.69, 9.17) is 11.6 Å². The molecule has 124 valence electrons. The summed E-state index contributed by atoms with van der Waals surface area (Å²) in [4.78, 5) is 11.7. The van der Waals surface area contributed by atoms with Crippen molar-refractivity contribution in [1.82, 2.24) is 20.6 Å². The molecule has 2 aromatic heterocycles. The van der Waals surface area contributed by atoms with E-state index in [1.54, 1.807) is 19.3 Å². The van der Waals surface area contributed by atoms with E-state index in [0.29, 0.717) is 11.7 Å². The average Bonchev–Trinajstić information content (AvgIpc) is 3.02. The predicted molar refractivity (Wildman–Crippen MR) is 99.5 cm³/mol. The number of pyridine rings is 1. The number of aliphatic imine (C=N–C) groups is 1. The maximum atomic E-state index is 5.79. The van der Waals surface area contributed by atoms with Crippen LogP contribution >= 0.6 is 11.6 Å². The Kier molecular flexibility index (Phi) is 5.33. The number of aromatic amines is 1. The first-order valence-electron chi connectivity index (χ1n) is 7.86. The summed E-state index contributed by atoms with van der Waals surface area (Å²) in [5.41, 5.74) is 3.41. The summed E-state index contributed by atoms with van der Waals surface area (Å²) in [5, 5.41) is 8.35. The molecule has 0 aliphatic carbocycles. The Morgan fingerprint density at radius 1 is 1.21 bits per heavy atom. The number of aromatic nitrogens is 2. The van der Waals surface area contributed by atoms with Crippen molar-refractivity contribution in [3.63, 3.8) is 0 Å². The second-order valence-electron chi connectivity index (χ2n) is 5.47. The summed E-state index contributed by atoms with van der Waals surface area (Å²) in [5.74, 6) is 0.774. The van der Waals surface area contributed by atoms with Gasteiger partial charge in [0, 0.05) is 31.0 Å². The van der Waals surface area contributed by atoms with Crippen molar-refractivity contribution in [1.29, 1.82) is 0 Å². The molecule has 0 bridgehead atoms.